The van der Waals surface area contributed by atoms with Gasteiger partial charge in [-0.15, -0.1) is 0 Å². The Hall–Kier alpha value is -1.41. The Morgan fingerprint density at radius 3 is 2.56 bits per heavy atom. The Kier molecular flexibility index (Phi) is 6.25. The van der Waals surface area contributed by atoms with Crippen LogP contribution in [0.15, 0.2) is 11.9 Å². The minimum absolute atomic E-state index is 0.0186. The maximum absolute atomic E-state index is 12.6. The van der Waals surface area contributed by atoms with Crippen molar-refractivity contribution in [2.45, 2.75) is 51.9 Å². The van der Waals surface area contributed by atoms with Crippen LogP contribution in [0.2, 0.25) is 0 Å². The molecule has 7 nitrogen and oxygen atoms in total. The number of amides is 2. The Morgan fingerprint density at radius 2 is 1.93 bits per heavy atom. The summed E-state index contributed by atoms with van der Waals surface area (Å²) >= 11 is 0. The van der Waals surface area contributed by atoms with Gasteiger partial charge in [-0.2, -0.15) is 0 Å². The highest BCUT2D eigenvalue weighted by Gasteiger charge is 2.51. The fourth-order valence-electron chi connectivity index (χ4n) is 4.54. The molecule has 0 saturated carbocycles. The zero-order valence-electron chi connectivity index (χ0n) is 16.4. The minimum Gasteiger partial charge on any atom is -0.317 e. The first kappa shape index (κ1) is 20.3. The SMILES string of the molecule is CCC[C@H]1C(=O)N(S(C)(=O)=O)C2=CN(C(=O)CCCN3CCCCC3)C[C@@H]21. The van der Waals surface area contributed by atoms with E-state index in [-0.39, 0.29) is 23.7 Å². The predicted molar refractivity (Wildman–Crippen MR) is 103 cm³/mol. The van der Waals surface area contributed by atoms with Gasteiger partial charge in [0.05, 0.1) is 12.0 Å². The van der Waals surface area contributed by atoms with Crippen molar-refractivity contribution in [1.29, 1.82) is 0 Å². The quantitative estimate of drug-likeness (QED) is 0.654. The second-order valence-corrected chi connectivity index (χ2v) is 9.80. The third-order valence-electron chi connectivity index (χ3n) is 5.86. The normalized spacial score (nSPS) is 26.4. The number of carbonyl (C=O) groups is 2. The molecular formula is C19H31N3O4S. The lowest BCUT2D eigenvalue weighted by Gasteiger charge is -2.26. The number of piperidine rings is 1. The molecule has 2 fully saturated rings. The molecule has 2 atom stereocenters. The van der Waals surface area contributed by atoms with E-state index in [2.05, 4.69) is 4.90 Å². The van der Waals surface area contributed by atoms with Crippen LogP contribution in [0, 0.1) is 11.8 Å². The molecule has 8 heteroatoms. The molecule has 0 N–H and O–H groups in total. The Balaban J connectivity index is 1.63. The third kappa shape index (κ3) is 4.37. The molecule has 3 heterocycles. The van der Waals surface area contributed by atoms with E-state index in [0.29, 0.717) is 25.1 Å². The van der Waals surface area contributed by atoms with Crippen LogP contribution in [0.3, 0.4) is 0 Å². The average Bonchev–Trinajstić information content (AvgIpc) is 3.13. The smallest absolute Gasteiger partial charge is 0.244 e. The van der Waals surface area contributed by atoms with Crippen LogP contribution in [0.1, 0.15) is 51.9 Å². The number of fused-ring (bicyclic) bond motifs is 1. The van der Waals surface area contributed by atoms with E-state index in [1.807, 2.05) is 6.92 Å². The van der Waals surface area contributed by atoms with Crippen molar-refractivity contribution in [1.82, 2.24) is 14.1 Å². The van der Waals surface area contributed by atoms with Gasteiger partial charge in [-0.3, -0.25) is 9.59 Å². The lowest BCUT2D eigenvalue weighted by molar-refractivity contribution is -0.131. The summed E-state index contributed by atoms with van der Waals surface area (Å²) in [7, 11) is -3.67. The van der Waals surface area contributed by atoms with Gasteiger partial charge in [-0.05, 0) is 45.3 Å². The average molecular weight is 398 g/mol. The first-order chi connectivity index (χ1) is 12.8. The zero-order valence-corrected chi connectivity index (χ0v) is 17.2. The topological polar surface area (TPSA) is 78.0 Å². The number of hydrogen-bond donors (Lipinski definition) is 0. The molecule has 0 unspecified atom stereocenters. The summed E-state index contributed by atoms with van der Waals surface area (Å²) in [5, 5.41) is 0. The van der Waals surface area contributed by atoms with E-state index in [4.69, 9.17) is 0 Å². The highest BCUT2D eigenvalue weighted by atomic mass is 32.2. The standard InChI is InChI=1S/C19H31N3O4S/c1-3-8-15-16-13-21(14-17(16)22(19(15)24)27(2,25)26)18(23)9-7-12-20-10-5-4-6-11-20/h14-16H,3-13H2,1-2H3/t15-,16-/m1/s1. The van der Waals surface area contributed by atoms with Gasteiger partial charge >= 0.3 is 0 Å². The zero-order chi connectivity index (χ0) is 19.6. The van der Waals surface area contributed by atoms with Gasteiger partial charge in [-0.1, -0.05) is 19.8 Å². The molecule has 0 aromatic heterocycles. The summed E-state index contributed by atoms with van der Waals surface area (Å²) in [5.41, 5.74) is 0.477. The van der Waals surface area contributed by atoms with Gasteiger partial charge in [0.1, 0.15) is 0 Å². The molecule has 3 aliphatic heterocycles. The molecule has 152 valence electrons. The minimum atomic E-state index is -3.67. The maximum atomic E-state index is 12.6. The molecule has 0 radical (unpaired) electrons. The van der Waals surface area contributed by atoms with E-state index < -0.39 is 10.0 Å². The largest absolute Gasteiger partial charge is 0.317 e. The number of sulfonamides is 1. The highest BCUT2D eigenvalue weighted by Crippen LogP contribution is 2.42. The summed E-state index contributed by atoms with van der Waals surface area (Å²) in [6, 6.07) is 0. The van der Waals surface area contributed by atoms with Gasteiger partial charge in [0, 0.05) is 31.0 Å². The summed E-state index contributed by atoms with van der Waals surface area (Å²) in [4.78, 5) is 29.2. The van der Waals surface area contributed by atoms with Crippen molar-refractivity contribution in [3.8, 4) is 0 Å². The van der Waals surface area contributed by atoms with Crippen LogP contribution < -0.4 is 0 Å². The van der Waals surface area contributed by atoms with Crippen LogP contribution in [-0.4, -0.2) is 66.8 Å². The van der Waals surface area contributed by atoms with E-state index in [1.165, 1.54) is 19.3 Å². The molecule has 3 rings (SSSR count). The van der Waals surface area contributed by atoms with Gasteiger partial charge in [0.15, 0.2) is 0 Å². The predicted octanol–water partition coefficient (Wildman–Crippen LogP) is 1.77. The molecule has 2 amide bonds. The van der Waals surface area contributed by atoms with Crippen LogP contribution in [0.5, 0.6) is 0 Å². The molecule has 0 bridgehead atoms. The van der Waals surface area contributed by atoms with E-state index in [9.17, 15) is 18.0 Å². The first-order valence-electron chi connectivity index (χ1n) is 10.1. The number of hydrogen-bond acceptors (Lipinski definition) is 5. The van der Waals surface area contributed by atoms with Gasteiger partial charge in [-0.25, -0.2) is 12.7 Å². The van der Waals surface area contributed by atoms with Crippen molar-refractivity contribution in [2.24, 2.45) is 11.8 Å². The number of rotatable bonds is 7. The second-order valence-electron chi connectivity index (χ2n) is 7.97. The second kappa shape index (κ2) is 8.31. The van der Waals surface area contributed by atoms with Gasteiger partial charge in [0.2, 0.25) is 21.8 Å². The van der Waals surface area contributed by atoms with Crippen molar-refractivity contribution in [3.63, 3.8) is 0 Å². The first-order valence-corrected chi connectivity index (χ1v) is 12.0. The van der Waals surface area contributed by atoms with Gasteiger partial charge in [0.25, 0.3) is 0 Å². The van der Waals surface area contributed by atoms with Crippen LogP contribution >= 0.6 is 0 Å². The summed E-state index contributed by atoms with van der Waals surface area (Å²) in [5.74, 6) is -0.863. The number of carbonyl (C=O) groups excluding carboxylic acids is 2. The lowest BCUT2D eigenvalue weighted by Crippen LogP contribution is -2.34. The molecule has 0 spiro atoms. The summed E-state index contributed by atoms with van der Waals surface area (Å²) in [6.07, 6.45) is 9.15. The van der Waals surface area contributed by atoms with Crippen molar-refractivity contribution in [3.05, 3.63) is 11.9 Å². The fourth-order valence-corrected chi connectivity index (χ4v) is 5.57. The van der Waals surface area contributed by atoms with Crippen LogP contribution in [0.25, 0.3) is 0 Å². The Bertz CT molecular complexity index is 712. The highest BCUT2D eigenvalue weighted by molar-refractivity contribution is 7.89. The Labute approximate surface area is 162 Å². The van der Waals surface area contributed by atoms with Crippen molar-refractivity contribution >= 4 is 21.8 Å². The van der Waals surface area contributed by atoms with Crippen molar-refractivity contribution < 1.29 is 18.0 Å². The van der Waals surface area contributed by atoms with E-state index in [1.54, 1.807) is 11.1 Å². The lowest BCUT2D eigenvalue weighted by atomic mass is 9.91. The molecule has 0 aromatic rings. The Morgan fingerprint density at radius 1 is 1.22 bits per heavy atom. The molecule has 27 heavy (non-hydrogen) atoms. The third-order valence-corrected chi connectivity index (χ3v) is 6.92. The van der Waals surface area contributed by atoms with Gasteiger partial charge < -0.3 is 9.80 Å². The van der Waals surface area contributed by atoms with Crippen LogP contribution in [0.4, 0.5) is 0 Å². The monoisotopic (exact) mass is 397 g/mol. The molecule has 2 saturated heterocycles. The molecule has 0 aromatic carbocycles. The summed E-state index contributed by atoms with van der Waals surface area (Å²) in [6.45, 7) is 5.58. The number of likely N-dealkylation sites (tertiary alicyclic amines) is 1. The molecular weight excluding hydrogens is 366 g/mol. The fraction of sp³-hybridized carbons (Fsp3) is 0.789. The maximum Gasteiger partial charge on any atom is 0.244 e. The molecule has 0 aliphatic carbocycles. The number of nitrogens with zero attached hydrogens (tertiary/aromatic N) is 3. The summed E-state index contributed by atoms with van der Waals surface area (Å²) < 4.78 is 25.2. The van der Waals surface area contributed by atoms with E-state index in [0.717, 1.165) is 43.0 Å². The van der Waals surface area contributed by atoms with Crippen molar-refractivity contribution in [2.75, 3.05) is 32.4 Å². The van der Waals surface area contributed by atoms with E-state index >= 15 is 0 Å². The van der Waals surface area contributed by atoms with Crippen LogP contribution in [-0.2, 0) is 19.6 Å². The molecule has 3 aliphatic rings.